The average Bonchev–Trinajstić information content (AvgIpc) is 2.55. The van der Waals surface area contributed by atoms with E-state index >= 15 is 0 Å². The molecule has 0 saturated carbocycles. The molecule has 1 fully saturated rings. The van der Waals surface area contributed by atoms with Gasteiger partial charge < -0.3 is 20.1 Å². The van der Waals surface area contributed by atoms with E-state index in [-0.39, 0.29) is 12.5 Å². The number of ether oxygens (including phenoxy) is 1. The number of carbonyl (C=O) groups is 1. The predicted molar refractivity (Wildman–Crippen MR) is 86.2 cm³/mol. The summed E-state index contributed by atoms with van der Waals surface area (Å²) < 4.78 is 5.10. The van der Waals surface area contributed by atoms with Crippen LogP contribution in [0.25, 0.3) is 0 Å². The highest BCUT2D eigenvalue weighted by Gasteiger charge is 2.18. The van der Waals surface area contributed by atoms with Gasteiger partial charge in [0.15, 0.2) is 0 Å². The number of methoxy groups -OCH3 is 1. The van der Waals surface area contributed by atoms with Crippen LogP contribution in [-0.4, -0.2) is 55.3 Å². The summed E-state index contributed by atoms with van der Waals surface area (Å²) in [4.78, 5) is 14.3. The van der Waals surface area contributed by atoms with Crippen molar-refractivity contribution < 1.29 is 14.6 Å². The van der Waals surface area contributed by atoms with Gasteiger partial charge in [0, 0.05) is 18.7 Å². The molecule has 1 heterocycles. The minimum Gasteiger partial charge on any atom is -0.497 e. The minimum absolute atomic E-state index is 0.190. The molecule has 1 aliphatic rings. The van der Waals surface area contributed by atoms with E-state index in [0.29, 0.717) is 17.9 Å². The lowest BCUT2D eigenvalue weighted by molar-refractivity contribution is 0.0795. The Hall–Kier alpha value is -1.59. The second-order valence-corrected chi connectivity index (χ2v) is 6.08. The highest BCUT2D eigenvalue weighted by molar-refractivity contribution is 5.94. The molecule has 0 aliphatic carbocycles. The van der Waals surface area contributed by atoms with Crippen molar-refractivity contribution in [1.29, 1.82) is 0 Å². The lowest BCUT2D eigenvalue weighted by atomic mass is 9.99. The number of nitrogens with zero attached hydrogens (tertiary/aromatic N) is 1. The molecule has 0 spiro atoms. The zero-order chi connectivity index (χ0) is 15.9. The maximum absolute atomic E-state index is 12.1. The fraction of sp³-hybridized carbons (Fsp3) is 0.588. The van der Waals surface area contributed by atoms with Crippen LogP contribution in [0.2, 0.25) is 0 Å². The number of hydrogen-bond acceptors (Lipinski definition) is 4. The van der Waals surface area contributed by atoms with E-state index in [1.165, 1.54) is 12.8 Å². The number of benzene rings is 1. The number of hydrogen-bond donors (Lipinski definition) is 2. The average molecular weight is 306 g/mol. The second kappa shape index (κ2) is 8.15. The molecule has 0 radical (unpaired) electrons. The highest BCUT2D eigenvalue weighted by Crippen LogP contribution is 2.16. The summed E-state index contributed by atoms with van der Waals surface area (Å²) in [5.74, 6) is 1.24. The minimum atomic E-state index is -0.539. The Morgan fingerprint density at radius 3 is 2.86 bits per heavy atom. The number of likely N-dealkylation sites (tertiary alicyclic amines) is 1. The summed E-state index contributed by atoms with van der Waals surface area (Å²) in [6.07, 6.45) is 1.83. The Morgan fingerprint density at radius 2 is 2.18 bits per heavy atom. The van der Waals surface area contributed by atoms with Crippen molar-refractivity contribution in [3.8, 4) is 5.75 Å². The van der Waals surface area contributed by atoms with Crippen LogP contribution in [0.4, 0.5) is 0 Å². The summed E-state index contributed by atoms with van der Waals surface area (Å²) >= 11 is 0. The molecule has 1 aliphatic heterocycles. The van der Waals surface area contributed by atoms with Gasteiger partial charge in [-0.25, -0.2) is 0 Å². The molecule has 1 atom stereocenters. The van der Waals surface area contributed by atoms with Crippen molar-refractivity contribution in [3.63, 3.8) is 0 Å². The predicted octanol–water partition coefficient (Wildman–Crippen LogP) is 1.52. The largest absolute Gasteiger partial charge is 0.497 e. The number of amides is 1. The maximum atomic E-state index is 12.1. The van der Waals surface area contributed by atoms with E-state index in [1.807, 2.05) is 0 Å². The van der Waals surface area contributed by atoms with Crippen molar-refractivity contribution in [2.24, 2.45) is 5.92 Å². The van der Waals surface area contributed by atoms with Crippen LogP contribution in [-0.2, 0) is 0 Å². The van der Waals surface area contributed by atoms with Crippen molar-refractivity contribution in [2.45, 2.75) is 25.9 Å². The molecule has 1 aromatic rings. The van der Waals surface area contributed by atoms with Crippen molar-refractivity contribution in [2.75, 3.05) is 33.3 Å². The van der Waals surface area contributed by atoms with Gasteiger partial charge in [0.2, 0.25) is 0 Å². The normalized spacial score (nSPS) is 18.0. The first-order valence-electron chi connectivity index (χ1n) is 7.91. The molecule has 1 amide bonds. The standard InChI is InChI=1S/C17H26N2O3/c1-13-6-8-19(9-7-13)12-15(20)11-18-17(21)14-4-3-5-16(10-14)22-2/h3-5,10,13,15,20H,6-9,11-12H2,1-2H3,(H,18,21). The molecular formula is C17H26N2O3. The van der Waals surface area contributed by atoms with Crippen molar-refractivity contribution in [1.82, 2.24) is 10.2 Å². The topological polar surface area (TPSA) is 61.8 Å². The number of rotatable bonds is 6. The first-order chi connectivity index (χ1) is 10.6. The molecule has 5 heteroatoms. The molecule has 1 saturated heterocycles. The number of aliphatic hydroxyl groups excluding tert-OH is 1. The van der Waals surface area contributed by atoms with E-state index in [0.717, 1.165) is 19.0 Å². The quantitative estimate of drug-likeness (QED) is 0.836. The third-order valence-electron chi connectivity index (χ3n) is 4.18. The van der Waals surface area contributed by atoms with E-state index in [2.05, 4.69) is 17.1 Å². The fourth-order valence-electron chi connectivity index (χ4n) is 2.68. The molecule has 2 rings (SSSR count). The first kappa shape index (κ1) is 16.8. The molecule has 5 nitrogen and oxygen atoms in total. The van der Waals surface area contributed by atoms with E-state index < -0.39 is 6.10 Å². The van der Waals surface area contributed by atoms with E-state index in [4.69, 9.17) is 4.74 Å². The molecule has 0 aromatic heterocycles. The van der Waals surface area contributed by atoms with Gasteiger partial charge in [0.05, 0.1) is 13.2 Å². The Kier molecular flexibility index (Phi) is 6.21. The van der Waals surface area contributed by atoms with Gasteiger partial charge in [0.1, 0.15) is 5.75 Å². The van der Waals surface area contributed by atoms with Crippen molar-refractivity contribution >= 4 is 5.91 Å². The Morgan fingerprint density at radius 1 is 1.45 bits per heavy atom. The number of piperidine rings is 1. The highest BCUT2D eigenvalue weighted by atomic mass is 16.5. The van der Waals surface area contributed by atoms with Gasteiger partial charge in [0.25, 0.3) is 5.91 Å². The zero-order valence-corrected chi connectivity index (χ0v) is 13.4. The number of carbonyl (C=O) groups excluding carboxylic acids is 1. The fourth-order valence-corrected chi connectivity index (χ4v) is 2.68. The second-order valence-electron chi connectivity index (χ2n) is 6.08. The third-order valence-corrected chi connectivity index (χ3v) is 4.18. The zero-order valence-electron chi connectivity index (χ0n) is 13.4. The monoisotopic (exact) mass is 306 g/mol. The van der Waals surface area contributed by atoms with Gasteiger partial charge in [-0.15, -0.1) is 0 Å². The lowest BCUT2D eigenvalue weighted by Crippen LogP contribution is -2.43. The van der Waals surface area contributed by atoms with E-state index in [1.54, 1.807) is 31.4 Å². The van der Waals surface area contributed by atoms with Crippen LogP contribution in [0.5, 0.6) is 5.75 Å². The number of nitrogens with one attached hydrogen (secondary N) is 1. The summed E-state index contributed by atoms with van der Waals surface area (Å²) in [6, 6.07) is 6.99. The Bertz CT molecular complexity index is 485. The summed E-state index contributed by atoms with van der Waals surface area (Å²) in [5.41, 5.74) is 0.540. The van der Waals surface area contributed by atoms with Gasteiger partial charge in [-0.3, -0.25) is 4.79 Å². The maximum Gasteiger partial charge on any atom is 0.251 e. The molecule has 2 N–H and O–H groups in total. The van der Waals surface area contributed by atoms with Crippen LogP contribution in [0, 0.1) is 5.92 Å². The molecule has 1 unspecified atom stereocenters. The van der Waals surface area contributed by atoms with Gasteiger partial charge in [-0.05, 0) is 50.0 Å². The van der Waals surface area contributed by atoms with Gasteiger partial charge in [-0.2, -0.15) is 0 Å². The summed E-state index contributed by atoms with van der Waals surface area (Å²) in [5, 5.41) is 12.9. The van der Waals surface area contributed by atoms with Gasteiger partial charge >= 0.3 is 0 Å². The molecule has 1 aromatic carbocycles. The van der Waals surface area contributed by atoms with Crippen LogP contribution < -0.4 is 10.1 Å². The van der Waals surface area contributed by atoms with Crippen LogP contribution in [0.15, 0.2) is 24.3 Å². The lowest BCUT2D eigenvalue weighted by Gasteiger charge is -2.31. The first-order valence-corrected chi connectivity index (χ1v) is 7.91. The summed E-state index contributed by atoms with van der Waals surface area (Å²) in [6.45, 7) is 5.21. The van der Waals surface area contributed by atoms with Crippen LogP contribution >= 0.6 is 0 Å². The third kappa shape index (κ3) is 5.00. The Balaban J connectivity index is 1.75. The van der Waals surface area contributed by atoms with Crippen molar-refractivity contribution in [3.05, 3.63) is 29.8 Å². The molecular weight excluding hydrogens is 280 g/mol. The van der Waals surface area contributed by atoms with Crippen LogP contribution in [0.3, 0.4) is 0 Å². The van der Waals surface area contributed by atoms with Gasteiger partial charge in [-0.1, -0.05) is 13.0 Å². The molecule has 122 valence electrons. The SMILES string of the molecule is COc1cccc(C(=O)NCC(O)CN2CCC(C)CC2)c1. The molecule has 22 heavy (non-hydrogen) atoms. The summed E-state index contributed by atoms with van der Waals surface area (Å²) in [7, 11) is 1.57. The molecule has 0 bridgehead atoms. The Labute approximate surface area is 132 Å². The number of aliphatic hydroxyl groups is 1. The van der Waals surface area contributed by atoms with E-state index in [9.17, 15) is 9.90 Å². The smallest absolute Gasteiger partial charge is 0.251 e. The van der Waals surface area contributed by atoms with Crippen LogP contribution in [0.1, 0.15) is 30.1 Å². The number of β-amino-alcohol motifs (C(OH)–C–C–N with tert-alkyl or cyclic N) is 1.